The number of hydrazone groups is 1. The number of amides is 1. The topological polar surface area (TPSA) is 80.2 Å². The lowest BCUT2D eigenvalue weighted by Crippen LogP contribution is -2.33. The van der Waals surface area contributed by atoms with Gasteiger partial charge in [0.25, 0.3) is 5.91 Å². The van der Waals surface area contributed by atoms with Crippen LogP contribution in [-0.4, -0.2) is 30.4 Å². The van der Waals surface area contributed by atoms with Crippen LogP contribution in [0.2, 0.25) is 0 Å². The van der Waals surface area contributed by atoms with Gasteiger partial charge in [0.1, 0.15) is 17.2 Å². The normalized spacial score (nSPS) is 12.0. The first-order valence-corrected chi connectivity index (χ1v) is 7.91. The molecule has 24 heavy (non-hydrogen) atoms. The van der Waals surface area contributed by atoms with Gasteiger partial charge in [-0.25, -0.2) is 5.43 Å². The number of halogens is 1. The van der Waals surface area contributed by atoms with E-state index in [1.807, 2.05) is 18.2 Å². The van der Waals surface area contributed by atoms with Gasteiger partial charge in [-0.3, -0.25) is 4.79 Å². The molecule has 0 heterocycles. The monoisotopic (exact) mass is 392 g/mol. The molecule has 0 unspecified atom stereocenters. The van der Waals surface area contributed by atoms with Crippen LogP contribution in [0.15, 0.2) is 52.0 Å². The van der Waals surface area contributed by atoms with Crippen LogP contribution < -0.4 is 14.9 Å². The quantitative estimate of drug-likeness (QED) is 0.584. The molecule has 0 aliphatic heterocycles. The van der Waals surface area contributed by atoms with E-state index in [2.05, 4.69) is 26.5 Å². The van der Waals surface area contributed by atoms with Crippen LogP contribution in [0, 0.1) is 0 Å². The largest absolute Gasteiger partial charge is 0.507 e. The highest BCUT2D eigenvalue weighted by Crippen LogP contribution is 2.25. The first-order chi connectivity index (χ1) is 11.5. The molecule has 7 heteroatoms. The van der Waals surface area contributed by atoms with E-state index in [9.17, 15) is 9.90 Å². The summed E-state index contributed by atoms with van der Waals surface area (Å²) >= 11 is 3.35. The molecule has 2 rings (SSSR count). The lowest BCUT2D eigenvalue weighted by atomic mass is 10.2. The molecule has 0 radical (unpaired) electrons. The number of rotatable bonds is 6. The van der Waals surface area contributed by atoms with Gasteiger partial charge in [-0.15, -0.1) is 0 Å². The van der Waals surface area contributed by atoms with Crippen molar-refractivity contribution in [2.75, 3.05) is 7.11 Å². The molecular weight excluding hydrogens is 376 g/mol. The number of carbonyl (C=O) groups excluding carboxylic acids is 1. The van der Waals surface area contributed by atoms with Crippen molar-refractivity contribution >= 4 is 28.1 Å². The van der Waals surface area contributed by atoms with Gasteiger partial charge in [0.2, 0.25) is 0 Å². The maximum Gasteiger partial charge on any atom is 0.280 e. The van der Waals surface area contributed by atoms with Crippen molar-refractivity contribution in [3.05, 3.63) is 52.5 Å². The molecule has 0 fully saturated rings. The molecular formula is C17H17BrN2O4. The summed E-state index contributed by atoms with van der Waals surface area (Å²) in [6, 6.07) is 12.0. The molecule has 0 spiro atoms. The fourth-order valence-electron chi connectivity index (χ4n) is 1.80. The highest BCUT2D eigenvalue weighted by Gasteiger charge is 2.15. The Hall–Kier alpha value is -2.54. The van der Waals surface area contributed by atoms with Crippen molar-refractivity contribution in [3.63, 3.8) is 0 Å². The van der Waals surface area contributed by atoms with Crippen LogP contribution in [-0.2, 0) is 4.79 Å². The average molecular weight is 393 g/mol. The minimum atomic E-state index is -0.736. The highest BCUT2D eigenvalue weighted by atomic mass is 79.9. The number of benzene rings is 2. The predicted molar refractivity (Wildman–Crippen MR) is 94.6 cm³/mol. The second-order valence-electron chi connectivity index (χ2n) is 4.85. The first kappa shape index (κ1) is 17.8. The van der Waals surface area contributed by atoms with Crippen LogP contribution in [0.1, 0.15) is 12.5 Å². The third-order valence-electron chi connectivity index (χ3n) is 3.12. The summed E-state index contributed by atoms with van der Waals surface area (Å²) in [6.07, 6.45) is 0.598. The van der Waals surface area contributed by atoms with Gasteiger partial charge < -0.3 is 14.6 Å². The average Bonchev–Trinajstić information content (AvgIpc) is 2.58. The zero-order chi connectivity index (χ0) is 17.5. The van der Waals surface area contributed by atoms with Crippen LogP contribution in [0.3, 0.4) is 0 Å². The number of phenolic OH excluding ortho intramolecular Hbond substituents is 1. The molecule has 126 valence electrons. The second kappa shape index (κ2) is 8.35. The van der Waals surface area contributed by atoms with Gasteiger partial charge in [-0.2, -0.15) is 5.10 Å². The van der Waals surface area contributed by atoms with E-state index >= 15 is 0 Å². The van der Waals surface area contributed by atoms with E-state index in [4.69, 9.17) is 9.47 Å². The summed E-state index contributed by atoms with van der Waals surface area (Å²) in [6.45, 7) is 1.62. The fourth-order valence-corrected chi connectivity index (χ4v) is 2.18. The third-order valence-corrected chi connectivity index (χ3v) is 3.78. The molecule has 0 saturated heterocycles. The van der Waals surface area contributed by atoms with E-state index in [0.717, 1.165) is 4.47 Å². The van der Waals surface area contributed by atoms with E-state index in [0.29, 0.717) is 17.1 Å². The SMILES string of the molecule is COc1ccc(O)c(/C=N\NC(=O)[C@@H](C)Oc2ccccc2Br)c1. The highest BCUT2D eigenvalue weighted by molar-refractivity contribution is 9.10. The van der Waals surface area contributed by atoms with E-state index < -0.39 is 12.0 Å². The van der Waals surface area contributed by atoms with Crippen LogP contribution >= 0.6 is 15.9 Å². The molecule has 0 aliphatic carbocycles. The Morgan fingerprint density at radius 2 is 2.08 bits per heavy atom. The van der Waals surface area contributed by atoms with Crippen molar-refractivity contribution in [2.24, 2.45) is 5.10 Å². The molecule has 6 nitrogen and oxygen atoms in total. The standard InChI is InChI=1S/C17H17BrN2O4/c1-11(24-16-6-4-3-5-14(16)18)17(22)20-19-10-12-9-13(23-2)7-8-15(12)21/h3-11,21H,1-2H3,(H,20,22)/b19-10-/t11-/m1/s1. The molecule has 0 aromatic heterocycles. The van der Waals surface area contributed by atoms with E-state index in [1.54, 1.807) is 25.1 Å². The maximum atomic E-state index is 12.0. The zero-order valence-corrected chi connectivity index (χ0v) is 14.8. The maximum absolute atomic E-state index is 12.0. The Morgan fingerprint density at radius 3 is 2.79 bits per heavy atom. The van der Waals surface area contributed by atoms with E-state index in [-0.39, 0.29) is 5.75 Å². The smallest absolute Gasteiger partial charge is 0.280 e. The Labute approximate surface area is 148 Å². The Bertz CT molecular complexity index is 749. The summed E-state index contributed by atoms with van der Waals surface area (Å²) in [4.78, 5) is 12.0. The van der Waals surface area contributed by atoms with Crippen LogP contribution in [0.5, 0.6) is 17.2 Å². The Balaban J connectivity index is 1.96. The number of phenols is 1. The number of carbonyl (C=O) groups is 1. The van der Waals surface area contributed by atoms with E-state index in [1.165, 1.54) is 19.4 Å². The van der Waals surface area contributed by atoms with Crippen molar-refractivity contribution in [1.82, 2.24) is 5.43 Å². The fraction of sp³-hybridized carbons (Fsp3) is 0.176. The number of hydrogen-bond acceptors (Lipinski definition) is 5. The summed E-state index contributed by atoms with van der Waals surface area (Å²) in [5.74, 6) is 0.761. The molecule has 0 bridgehead atoms. The molecule has 1 atom stereocenters. The zero-order valence-electron chi connectivity index (χ0n) is 13.2. The number of methoxy groups -OCH3 is 1. The summed E-state index contributed by atoms with van der Waals surface area (Å²) in [5.41, 5.74) is 2.80. The van der Waals surface area contributed by atoms with Crippen molar-refractivity contribution in [1.29, 1.82) is 0 Å². The van der Waals surface area contributed by atoms with Gasteiger partial charge in [0, 0.05) is 5.56 Å². The van der Waals surface area contributed by atoms with Gasteiger partial charge >= 0.3 is 0 Å². The molecule has 2 aromatic rings. The summed E-state index contributed by atoms with van der Waals surface area (Å²) in [7, 11) is 1.52. The van der Waals surface area contributed by atoms with Gasteiger partial charge in [0.15, 0.2) is 6.10 Å². The lowest BCUT2D eigenvalue weighted by Gasteiger charge is -2.13. The van der Waals surface area contributed by atoms with Crippen molar-refractivity contribution in [2.45, 2.75) is 13.0 Å². The molecule has 1 amide bonds. The summed E-state index contributed by atoms with van der Waals surface area (Å²) in [5, 5.41) is 13.6. The number of hydrogen-bond donors (Lipinski definition) is 2. The first-order valence-electron chi connectivity index (χ1n) is 7.12. The predicted octanol–water partition coefficient (Wildman–Crippen LogP) is 3.08. The number of aromatic hydroxyl groups is 1. The minimum absolute atomic E-state index is 0.0336. The number of nitrogens with zero attached hydrogens (tertiary/aromatic N) is 1. The molecule has 2 aromatic carbocycles. The second-order valence-corrected chi connectivity index (χ2v) is 5.70. The van der Waals surface area contributed by atoms with Crippen molar-refractivity contribution < 1.29 is 19.4 Å². The molecule has 0 aliphatic rings. The molecule has 2 N–H and O–H groups in total. The Kier molecular flexibility index (Phi) is 6.20. The lowest BCUT2D eigenvalue weighted by molar-refractivity contribution is -0.127. The minimum Gasteiger partial charge on any atom is -0.507 e. The van der Waals surface area contributed by atoms with Gasteiger partial charge in [0.05, 0.1) is 17.8 Å². The number of nitrogens with one attached hydrogen (secondary N) is 1. The van der Waals surface area contributed by atoms with Gasteiger partial charge in [-0.05, 0) is 53.2 Å². The summed E-state index contributed by atoms with van der Waals surface area (Å²) < 4.78 is 11.4. The number of para-hydroxylation sites is 1. The van der Waals surface area contributed by atoms with Crippen LogP contribution in [0.4, 0.5) is 0 Å². The molecule has 0 saturated carbocycles. The Morgan fingerprint density at radius 1 is 1.33 bits per heavy atom. The van der Waals surface area contributed by atoms with Crippen molar-refractivity contribution in [3.8, 4) is 17.2 Å². The van der Waals surface area contributed by atoms with Crippen LogP contribution in [0.25, 0.3) is 0 Å². The third kappa shape index (κ3) is 4.73. The van der Waals surface area contributed by atoms with Gasteiger partial charge in [-0.1, -0.05) is 12.1 Å². The number of ether oxygens (including phenoxy) is 2.